The number of rotatable bonds is 6. The minimum Gasteiger partial charge on any atom is -0.624 e. The highest BCUT2D eigenvalue weighted by Crippen LogP contribution is 2.36. The minimum atomic E-state index is -3.61. The number of sulfonamides is 1. The summed E-state index contributed by atoms with van der Waals surface area (Å²) >= 11 is 0. The van der Waals surface area contributed by atoms with Crippen LogP contribution in [0.4, 0.5) is 0 Å². The van der Waals surface area contributed by atoms with Gasteiger partial charge in [-0.2, -0.15) is 4.31 Å². The van der Waals surface area contributed by atoms with E-state index >= 15 is 0 Å². The van der Waals surface area contributed by atoms with E-state index in [0.717, 1.165) is 12.0 Å². The van der Waals surface area contributed by atoms with Crippen molar-refractivity contribution in [1.29, 1.82) is 0 Å². The zero-order valence-corrected chi connectivity index (χ0v) is 14.0. The second-order valence-electron chi connectivity index (χ2n) is 5.75. The average Bonchev–Trinajstić information content (AvgIpc) is 3.14. The van der Waals surface area contributed by atoms with E-state index < -0.39 is 10.0 Å². The van der Waals surface area contributed by atoms with Crippen LogP contribution in [0.2, 0.25) is 0 Å². The number of benzene rings is 1. The highest BCUT2D eigenvalue weighted by atomic mass is 32.2. The lowest BCUT2D eigenvalue weighted by atomic mass is 10.2. The van der Waals surface area contributed by atoms with Crippen molar-refractivity contribution in [3.05, 3.63) is 46.7 Å². The predicted molar refractivity (Wildman–Crippen MR) is 87.4 cm³/mol. The van der Waals surface area contributed by atoms with Gasteiger partial charge in [0.2, 0.25) is 10.0 Å². The first-order valence-electron chi connectivity index (χ1n) is 7.29. The molecule has 0 heterocycles. The molecule has 120 valence electrons. The SMILES string of the molecule is Cc1ccc(S(=O)(=O)N(C/C=C2/C[C@@H]2C)C/C=[N+](/C)[O-])cc1. The van der Waals surface area contributed by atoms with Crippen molar-refractivity contribution in [3.8, 4) is 0 Å². The Morgan fingerprint density at radius 3 is 2.41 bits per heavy atom. The zero-order chi connectivity index (χ0) is 16.3. The Bertz CT molecular complexity index is 687. The number of aryl methyl sites for hydroxylation is 1. The molecule has 0 aliphatic heterocycles. The number of nitrogens with zero attached hydrogens (tertiary/aromatic N) is 2. The van der Waals surface area contributed by atoms with Crippen molar-refractivity contribution in [1.82, 2.24) is 4.31 Å². The van der Waals surface area contributed by atoms with Gasteiger partial charge >= 0.3 is 0 Å². The third-order valence-corrected chi connectivity index (χ3v) is 5.62. The molecule has 0 N–H and O–H groups in total. The topological polar surface area (TPSA) is 63.5 Å². The minimum absolute atomic E-state index is 0.0639. The molecule has 1 aliphatic carbocycles. The Balaban J connectivity index is 2.25. The zero-order valence-electron chi connectivity index (χ0n) is 13.2. The molecule has 22 heavy (non-hydrogen) atoms. The van der Waals surface area contributed by atoms with Gasteiger partial charge in [0.1, 0.15) is 7.05 Å². The Morgan fingerprint density at radius 2 is 1.91 bits per heavy atom. The smallest absolute Gasteiger partial charge is 0.243 e. The summed E-state index contributed by atoms with van der Waals surface area (Å²) in [5.41, 5.74) is 2.28. The van der Waals surface area contributed by atoms with Gasteiger partial charge in [0.25, 0.3) is 0 Å². The fourth-order valence-electron chi connectivity index (χ4n) is 2.13. The van der Waals surface area contributed by atoms with Crippen LogP contribution in [0.3, 0.4) is 0 Å². The van der Waals surface area contributed by atoms with E-state index in [0.29, 0.717) is 17.2 Å². The normalized spacial score (nSPS) is 20.6. The van der Waals surface area contributed by atoms with Crippen molar-refractivity contribution in [2.24, 2.45) is 5.92 Å². The first-order valence-corrected chi connectivity index (χ1v) is 8.73. The lowest BCUT2D eigenvalue weighted by Crippen LogP contribution is -2.34. The van der Waals surface area contributed by atoms with Crippen molar-refractivity contribution in [2.75, 3.05) is 20.1 Å². The van der Waals surface area contributed by atoms with Crippen LogP contribution in [0.15, 0.2) is 40.8 Å². The maximum atomic E-state index is 12.7. The van der Waals surface area contributed by atoms with Gasteiger partial charge in [0.05, 0.1) is 11.4 Å². The van der Waals surface area contributed by atoms with Crippen LogP contribution in [0.5, 0.6) is 0 Å². The van der Waals surface area contributed by atoms with Crippen molar-refractivity contribution in [3.63, 3.8) is 0 Å². The summed E-state index contributed by atoms with van der Waals surface area (Å²) in [5.74, 6) is 0.551. The van der Waals surface area contributed by atoms with Crippen LogP contribution in [-0.2, 0) is 10.0 Å². The summed E-state index contributed by atoms with van der Waals surface area (Å²) in [6, 6.07) is 6.75. The molecule has 1 aromatic carbocycles. The van der Waals surface area contributed by atoms with Crippen LogP contribution < -0.4 is 0 Å². The standard InChI is InChI=1S/C16H22N2O3S/c1-13-4-6-16(7-5-13)22(20,21)18(11-10-17(3)19)9-8-15-12-14(15)2/h4-8,10,14H,9,11-12H2,1-3H3/b15-8-,17-10-/t14-/m0/s1. The number of allylic oxidation sites excluding steroid dienone is 1. The summed E-state index contributed by atoms with van der Waals surface area (Å²) in [5, 5.41) is 11.1. The van der Waals surface area contributed by atoms with E-state index in [9.17, 15) is 13.6 Å². The van der Waals surface area contributed by atoms with Gasteiger partial charge in [0, 0.05) is 6.54 Å². The molecule has 2 rings (SSSR count). The molecule has 1 atom stereocenters. The summed E-state index contributed by atoms with van der Waals surface area (Å²) < 4.78 is 27.4. The number of hydrogen-bond acceptors (Lipinski definition) is 3. The Hall–Kier alpha value is -1.66. The summed E-state index contributed by atoms with van der Waals surface area (Å²) in [7, 11) is -2.26. The van der Waals surface area contributed by atoms with E-state index in [2.05, 4.69) is 6.92 Å². The molecule has 5 nitrogen and oxygen atoms in total. The molecule has 0 radical (unpaired) electrons. The lowest BCUT2D eigenvalue weighted by Gasteiger charge is -2.18. The fourth-order valence-corrected chi connectivity index (χ4v) is 3.45. The molecule has 0 spiro atoms. The average molecular weight is 322 g/mol. The number of hydroxylamine groups is 1. The Kier molecular flexibility index (Phi) is 5.03. The molecular weight excluding hydrogens is 300 g/mol. The Morgan fingerprint density at radius 1 is 1.32 bits per heavy atom. The van der Waals surface area contributed by atoms with E-state index in [-0.39, 0.29) is 11.4 Å². The Labute approximate surface area is 132 Å². The molecule has 1 aliphatic rings. The number of hydrogen-bond donors (Lipinski definition) is 0. The molecule has 1 aromatic rings. The highest BCUT2D eigenvalue weighted by molar-refractivity contribution is 7.89. The van der Waals surface area contributed by atoms with E-state index in [1.807, 2.05) is 13.0 Å². The molecule has 1 saturated carbocycles. The molecular formula is C16H22N2O3S. The first kappa shape index (κ1) is 16.7. The van der Waals surface area contributed by atoms with Crippen LogP contribution >= 0.6 is 0 Å². The summed E-state index contributed by atoms with van der Waals surface area (Å²) in [6.45, 7) is 4.38. The van der Waals surface area contributed by atoms with Gasteiger partial charge < -0.3 is 5.21 Å². The van der Waals surface area contributed by atoms with Gasteiger partial charge in [-0.25, -0.2) is 13.2 Å². The van der Waals surface area contributed by atoms with Crippen molar-refractivity contribution < 1.29 is 13.2 Å². The van der Waals surface area contributed by atoms with Gasteiger partial charge in [-0.1, -0.05) is 36.3 Å². The van der Waals surface area contributed by atoms with Gasteiger partial charge in [-0.05, 0) is 31.4 Å². The van der Waals surface area contributed by atoms with E-state index in [1.165, 1.54) is 23.1 Å². The maximum absolute atomic E-state index is 12.7. The fraction of sp³-hybridized carbons (Fsp3) is 0.438. The first-order chi connectivity index (χ1) is 10.3. The van der Waals surface area contributed by atoms with E-state index in [1.54, 1.807) is 24.3 Å². The largest absolute Gasteiger partial charge is 0.624 e. The van der Waals surface area contributed by atoms with Gasteiger partial charge in [-0.3, -0.25) is 0 Å². The van der Waals surface area contributed by atoms with Crippen LogP contribution in [0.1, 0.15) is 18.9 Å². The van der Waals surface area contributed by atoms with Gasteiger partial charge in [-0.15, -0.1) is 0 Å². The molecule has 0 aromatic heterocycles. The molecule has 6 heteroatoms. The molecule has 0 unspecified atom stereocenters. The lowest BCUT2D eigenvalue weighted by molar-refractivity contribution is -0.418. The van der Waals surface area contributed by atoms with Crippen LogP contribution in [0, 0.1) is 18.0 Å². The second kappa shape index (κ2) is 6.62. The van der Waals surface area contributed by atoms with Crippen molar-refractivity contribution >= 4 is 16.2 Å². The molecule has 0 saturated heterocycles. The third-order valence-electron chi connectivity index (χ3n) is 3.77. The van der Waals surface area contributed by atoms with Crippen molar-refractivity contribution in [2.45, 2.75) is 25.2 Å². The third kappa shape index (κ3) is 4.18. The second-order valence-corrected chi connectivity index (χ2v) is 7.69. The molecule has 1 fully saturated rings. The molecule has 0 bridgehead atoms. The monoisotopic (exact) mass is 322 g/mol. The van der Waals surface area contributed by atoms with E-state index in [4.69, 9.17) is 0 Å². The quantitative estimate of drug-likeness (QED) is 0.265. The van der Waals surface area contributed by atoms with Crippen LogP contribution in [0.25, 0.3) is 0 Å². The highest BCUT2D eigenvalue weighted by Gasteiger charge is 2.27. The predicted octanol–water partition coefficient (Wildman–Crippen LogP) is 2.16. The maximum Gasteiger partial charge on any atom is 0.243 e. The van der Waals surface area contributed by atoms with Gasteiger partial charge in [0.15, 0.2) is 6.21 Å². The summed E-state index contributed by atoms with van der Waals surface area (Å²) in [4.78, 5) is 0.252. The molecule has 0 amide bonds. The summed E-state index contributed by atoms with van der Waals surface area (Å²) in [6.07, 6.45) is 4.30. The van der Waals surface area contributed by atoms with Crippen LogP contribution in [-0.4, -0.2) is 43.8 Å².